The molecular weight excluding hydrogens is 320 g/mol. The standard InChI is InChI=1S/C23H28N2O/c1-24(2)15-14-19-16-25(20-10-6-11-20)21-12-7-13-22(23(19)21)26-17-18-8-4-3-5-9-18/h3-5,7-9,12-13,16,20H,6,10-11,14-15,17H2,1-2H3. The van der Waals surface area contributed by atoms with Crippen molar-refractivity contribution in [2.45, 2.75) is 38.3 Å². The molecule has 0 aliphatic heterocycles. The molecule has 1 saturated carbocycles. The highest BCUT2D eigenvalue weighted by Gasteiger charge is 2.23. The van der Waals surface area contributed by atoms with Crippen molar-refractivity contribution in [3.63, 3.8) is 0 Å². The Kier molecular flexibility index (Phi) is 4.98. The molecule has 1 fully saturated rings. The van der Waals surface area contributed by atoms with Crippen LogP contribution in [0.5, 0.6) is 5.75 Å². The zero-order valence-electron chi connectivity index (χ0n) is 15.8. The van der Waals surface area contributed by atoms with Crippen molar-refractivity contribution in [3.05, 3.63) is 65.9 Å². The van der Waals surface area contributed by atoms with Gasteiger partial charge in [-0.1, -0.05) is 36.4 Å². The van der Waals surface area contributed by atoms with Gasteiger partial charge < -0.3 is 14.2 Å². The first kappa shape index (κ1) is 17.2. The Labute approximate surface area is 156 Å². The Bertz CT molecular complexity index is 863. The fraction of sp³-hybridized carbons (Fsp3) is 0.391. The third kappa shape index (κ3) is 3.49. The lowest BCUT2D eigenvalue weighted by Crippen LogP contribution is -2.16. The van der Waals surface area contributed by atoms with E-state index in [9.17, 15) is 0 Å². The van der Waals surface area contributed by atoms with Crippen molar-refractivity contribution in [1.82, 2.24) is 9.47 Å². The molecule has 26 heavy (non-hydrogen) atoms. The third-order valence-electron chi connectivity index (χ3n) is 5.43. The van der Waals surface area contributed by atoms with E-state index in [1.807, 2.05) is 6.07 Å². The van der Waals surface area contributed by atoms with E-state index in [1.54, 1.807) is 0 Å². The van der Waals surface area contributed by atoms with E-state index in [0.717, 1.165) is 18.7 Å². The Morgan fingerprint density at radius 1 is 1.04 bits per heavy atom. The van der Waals surface area contributed by atoms with Crippen LogP contribution in [-0.4, -0.2) is 30.1 Å². The highest BCUT2D eigenvalue weighted by Crippen LogP contribution is 2.39. The van der Waals surface area contributed by atoms with Gasteiger partial charge in [0.1, 0.15) is 12.4 Å². The second kappa shape index (κ2) is 7.55. The number of benzene rings is 2. The van der Waals surface area contributed by atoms with Crippen molar-refractivity contribution in [3.8, 4) is 5.75 Å². The van der Waals surface area contributed by atoms with Gasteiger partial charge in [-0.15, -0.1) is 0 Å². The van der Waals surface area contributed by atoms with Crippen LogP contribution in [0, 0.1) is 0 Å². The quantitative estimate of drug-likeness (QED) is 0.594. The van der Waals surface area contributed by atoms with Crippen LogP contribution < -0.4 is 4.74 Å². The molecule has 0 N–H and O–H groups in total. The van der Waals surface area contributed by atoms with Crippen LogP contribution in [-0.2, 0) is 13.0 Å². The van der Waals surface area contributed by atoms with Gasteiger partial charge in [0.05, 0.1) is 5.52 Å². The van der Waals surface area contributed by atoms with Crippen LogP contribution in [0.2, 0.25) is 0 Å². The molecule has 0 unspecified atom stereocenters. The minimum Gasteiger partial charge on any atom is -0.488 e. The number of hydrogen-bond acceptors (Lipinski definition) is 2. The Balaban J connectivity index is 1.68. The minimum atomic E-state index is 0.613. The molecule has 1 aliphatic carbocycles. The topological polar surface area (TPSA) is 17.4 Å². The number of hydrogen-bond donors (Lipinski definition) is 0. The summed E-state index contributed by atoms with van der Waals surface area (Å²) in [7, 11) is 4.27. The molecule has 0 bridgehead atoms. The molecule has 1 aromatic heterocycles. The molecule has 3 aromatic rings. The van der Waals surface area contributed by atoms with E-state index in [0.29, 0.717) is 12.6 Å². The molecule has 2 aromatic carbocycles. The van der Waals surface area contributed by atoms with Gasteiger partial charge in [0.25, 0.3) is 0 Å². The van der Waals surface area contributed by atoms with Gasteiger partial charge in [-0.25, -0.2) is 0 Å². The average Bonchev–Trinajstić information content (AvgIpc) is 2.97. The molecule has 3 nitrogen and oxygen atoms in total. The highest BCUT2D eigenvalue weighted by atomic mass is 16.5. The van der Waals surface area contributed by atoms with Crippen molar-refractivity contribution in [2.75, 3.05) is 20.6 Å². The van der Waals surface area contributed by atoms with E-state index < -0.39 is 0 Å². The van der Waals surface area contributed by atoms with E-state index >= 15 is 0 Å². The van der Waals surface area contributed by atoms with Gasteiger partial charge in [0, 0.05) is 24.2 Å². The Hall–Kier alpha value is -2.26. The van der Waals surface area contributed by atoms with Crippen LogP contribution >= 0.6 is 0 Å². The molecule has 4 rings (SSSR count). The zero-order chi connectivity index (χ0) is 17.9. The average molecular weight is 348 g/mol. The van der Waals surface area contributed by atoms with Crippen molar-refractivity contribution < 1.29 is 4.74 Å². The summed E-state index contributed by atoms with van der Waals surface area (Å²) in [5.41, 5.74) is 3.94. The zero-order valence-corrected chi connectivity index (χ0v) is 15.8. The second-order valence-electron chi connectivity index (χ2n) is 7.62. The Morgan fingerprint density at radius 3 is 2.54 bits per heavy atom. The lowest BCUT2D eigenvalue weighted by atomic mass is 9.93. The van der Waals surface area contributed by atoms with E-state index in [4.69, 9.17) is 4.74 Å². The Morgan fingerprint density at radius 2 is 1.85 bits per heavy atom. The summed E-state index contributed by atoms with van der Waals surface area (Å²) < 4.78 is 8.77. The molecule has 1 aliphatic rings. The number of rotatable bonds is 7. The maximum Gasteiger partial charge on any atom is 0.129 e. The molecule has 0 spiro atoms. The normalized spacial score (nSPS) is 14.7. The van der Waals surface area contributed by atoms with E-state index in [1.165, 1.54) is 41.3 Å². The number of fused-ring (bicyclic) bond motifs is 1. The van der Waals surface area contributed by atoms with E-state index in [-0.39, 0.29) is 0 Å². The highest BCUT2D eigenvalue weighted by molar-refractivity contribution is 5.90. The number of nitrogens with zero attached hydrogens (tertiary/aromatic N) is 2. The van der Waals surface area contributed by atoms with E-state index in [2.05, 4.69) is 72.2 Å². The summed E-state index contributed by atoms with van der Waals surface area (Å²) in [6.45, 7) is 1.67. The molecule has 0 radical (unpaired) electrons. The number of likely N-dealkylation sites (N-methyl/N-ethyl adjacent to an activating group) is 1. The maximum atomic E-state index is 6.27. The lowest BCUT2D eigenvalue weighted by molar-refractivity contribution is 0.309. The summed E-state index contributed by atoms with van der Waals surface area (Å²) in [6, 6.07) is 17.6. The molecular formula is C23H28N2O. The van der Waals surface area contributed by atoms with Crippen LogP contribution in [0.15, 0.2) is 54.7 Å². The van der Waals surface area contributed by atoms with Gasteiger partial charge in [0.2, 0.25) is 0 Å². The summed E-state index contributed by atoms with van der Waals surface area (Å²) in [6.07, 6.45) is 7.38. The van der Waals surface area contributed by atoms with Crippen molar-refractivity contribution >= 4 is 10.9 Å². The van der Waals surface area contributed by atoms with Gasteiger partial charge >= 0.3 is 0 Å². The van der Waals surface area contributed by atoms with Gasteiger partial charge in [0.15, 0.2) is 0 Å². The van der Waals surface area contributed by atoms with Crippen molar-refractivity contribution in [1.29, 1.82) is 0 Å². The van der Waals surface area contributed by atoms with Crippen LogP contribution in [0.25, 0.3) is 10.9 Å². The number of aromatic nitrogens is 1. The van der Waals surface area contributed by atoms with Crippen LogP contribution in [0.3, 0.4) is 0 Å². The lowest BCUT2D eigenvalue weighted by Gasteiger charge is -2.28. The molecule has 0 amide bonds. The largest absolute Gasteiger partial charge is 0.488 e. The van der Waals surface area contributed by atoms with Gasteiger partial charge in [-0.3, -0.25) is 0 Å². The molecule has 136 valence electrons. The van der Waals surface area contributed by atoms with Crippen LogP contribution in [0.4, 0.5) is 0 Å². The van der Waals surface area contributed by atoms with Gasteiger partial charge in [-0.05, 0) is 63.0 Å². The monoisotopic (exact) mass is 348 g/mol. The van der Waals surface area contributed by atoms with Crippen molar-refractivity contribution in [2.24, 2.45) is 0 Å². The summed E-state index contributed by atoms with van der Waals surface area (Å²) >= 11 is 0. The fourth-order valence-corrected chi connectivity index (χ4v) is 3.72. The maximum absolute atomic E-state index is 6.27. The summed E-state index contributed by atoms with van der Waals surface area (Å²) in [5.74, 6) is 1.01. The predicted octanol–water partition coefficient (Wildman–Crippen LogP) is 5.05. The minimum absolute atomic E-state index is 0.613. The smallest absolute Gasteiger partial charge is 0.129 e. The second-order valence-corrected chi connectivity index (χ2v) is 7.62. The summed E-state index contributed by atoms with van der Waals surface area (Å²) in [4.78, 5) is 2.25. The fourth-order valence-electron chi connectivity index (χ4n) is 3.72. The first-order chi connectivity index (χ1) is 12.7. The van der Waals surface area contributed by atoms with Crippen LogP contribution in [0.1, 0.15) is 36.4 Å². The molecule has 3 heteroatoms. The first-order valence-corrected chi connectivity index (χ1v) is 9.66. The number of ether oxygens (including phenoxy) is 1. The predicted molar refractivity (Wildman–Crippen MR) is 108 cm³/mol. The first-order valence-electron chi connectivity index (χ1n) is 9.66. The summed E-state index contributed by atoms with van der Waals surface area (Å²) in [5, 5.41) is 1.30. The molecule has 0 saturated heterocycles. The third-order valence-corrected chi connectivity index (χ3v) is 5.43. The SMILES string of the molecule is CN(C)CCc1cn(C2CCC2)c2cccc(OCc3ccccc3)c12. The van der Waals surface area contributed by atoms with Gasteiger partial charge in [-0.2, -0.15) is 0 Å². The molecule has 1 heterocycles. The molecule has 0 atom stereocenters.